The summed E-state index contributed by atoms with van der Waals surface area (Å²) < 4.78 is 38.3. The maximum Gasteiger partial charge on any atom is 0.324 e. The topological polar surface area (TPSA) is 81.7 Å². The molecule has 0 aliphatic heterocycles. The van der Waals surface area contributed by atoms with Crippen LogP contribution in [0, 0.1) is 0 Å². The molecule has 6 nitrogen and oxygen atoms in total. The molecule has 2 aromatic carbocycles. The molecular weight excluding hydrogens is 434 g/mol. The molecule has 0 spiro atoms. The van der Waals surface area contributed by atoms with Crippen molar-refractivity contribution < 1.29 is 22.7 Å². The molecule has 0 aliphatic carbocycles. The van der Waals surface area contributed by atoms with Gasteiger partial charge < -0.3 is 9.47 Å². The van der Waals surface area contributed by atoms with E-state index in [1.807, 2.05) is 6.26 Å². The molecule has 0 fully saturated rings. The van der Waals surface area contributed by atoms with E-state index >= 15 is 0 Å². The summed E-state index contributed by atoms with van der Waals surface area (Å²) in [5.74, 6) is 0.704. The molecule has 0 bridgehead atoms. The van der Waals surface area contributed by atoms with Gasteiger partial charge in [0.2, 0.25) is 10.0 Å². The fourth-order valence-electron chi connectivity index (χ4n) is 2.37. The third kappa shape index (κ3) is 8.26. The van der Waals surface area contributed by atoms with Crippen LogP contribution in [0.25, 0.3) is 0 Å². The van der Waals surface area contributed by atoms with Crippen LogP contribution in [0.5, 0.6) is 5.75 Å². The van der Waals surface area contributed by atoms with Crippen molar-refractivity contribution in [1.82, 2.24) is 4.72 Å². The van der Waals surface area contributed by atoms with Gasteiger partial charge in [-0.15, -0.1) is 0 Å². The summed E-state index contributed by atoms with van der Waals surface area (Å²) in [7, 11) is -3.81. The van der Waals surface area contributed by atoms with Crippen molar-refractivity contribution >= 4 is 39.4 Å². The van der Waals surface area contributed by atoms with Crippen LogP contribution in [-0.2, 0) is 19.6 Å². The van der Waals surface area contributed by atoms with E-state index in [1.54, 1.807) is 42.5 Å². The highest BCUT2D eigenvalue weighted by molar-refractivity contribution is 7.98. The van der Waals surface area contributed by atoms with E-state index in [-0.39, 0.29) is 11.5 Å². The number of halogens is 1. The molecule has 0 aliphatic rings. The minimum atomic E-state index is -3.81. The molecule has 0 saturated carbocycles. The van der Waals surface area contributed by atoms with Gasteiger partial charge in [0.05, 0.1) is 18.1 Å². The van der Waals surface area contributed by atoms with E-state index in [1.165, 1.54) is 23.9 Å². The first-order valence-electron chi connectivity index (χ1n) is 9.03. The number of benzene rings is 2. The molecule has 2 rings (SSSR count). The molecule has 1 unspecified atom stereocenters. The fourth-order valence-corrected chi connectivity index (χ4v) is 4.21. The first kappa shape index (κ1) is 23.5. The SMILES string of the molecule is CSCCC(NS(=O)(=O)c1ccccc1)C(=O)OCCCOc1ccc(Cl)cc1. The van der Waals surface area contributed by atoms with Crippen molar-refractivity contribution in [3.05, 3.63) is 59.6 Å². The monoisotopic (exact) mass is 457 g/mol. The number of carbonyl (C=O) groups is 1. The summed E-state index contributed by atoms with van der Waals surface area (Å²) in [6.45, 7) is 0.495. The second-order valence-corrected chi connectivity index (χ2v) is 9.23. The average molecular weight is 458 g/mol. The maximum atomic E-state index is 12.5. The fraction of sp³-hybridized carbons (Fsp3) is 0.350. The summed E-state index contributed by atoms with van der Waals surface area (Å²) in [6, 6.07) is 14.0. The Balaban J connectivity index is 1.83. The quantitative estimate of drug-likeness (QED) is 0.386. The second-order valence-electron chi connectivity index (χ2n) is 6.09. The van der Waals surface area contributed by atoms with Crippen molar-refractivity contribution in [2.45, 2.75) is 23.8 Å². The lowest BCUT2D eigenvalue weighted by Gasteiger charge is -2.17. The zero-order valence-electron chi connectivity index (χ0n) is 16.0. The standard InChI is InChI=1S/C20H24ClNO5S2/c1-28-15-12-19(22-29(24,25)18-6-3-2-4-7-18)20(23)27-14-5-13-26-17-10-8-16(21)9-11-17/h2-4,6-11,19,22H,5,12-15H2,1H3. The molecular formula is C20H24ClNO5S2. The van der Waals surface area contributed by atoms with Crippen molar-refractivity contribution in [3.8, 4) is 5.75 Å². The summed E-state index contributed by atoms with van der Waals surface area (Å²) >= 11 is 7.35. The highest BCUT2D eigenvalue weighted by Crippen LogP contribution is 2.16. The Kier molecular flexibility index (Phi) is 9.80. The molecule has 29 heavy (non-hydrogen) atoms. The van der Waals surface area contributed by atoms with E-state index < -0.39 is 22.0 Å². The summed E-state index contributed by atoms with van der Waals surface area (Å²) in [4.78, 5) is 12.5. The van der Waals surface area contributed by atoms with Crippen LogP contribution in [0.4, 0.5) is 0 Å². The van der Waals surface area contributed by atoms with Gasteiger partial charge in [0.15, 0.2) is 0 Å². The maximum absolute atomic E-state index is 12.5. The summed E-state index contributed by atoms with van der Waals surface area (Å²) in [5, 5.41) is 0.625. The van der Waals surface area contributed by atoms with Crippen LogP contribution < -0.4 is 9.46 Å². The minimum absolute atomic E-state index is 0.110. The molecule has 0 amide bonds. The van der Waals surface area contributed by atoms with Gasteiger partial charge in [0.1, 0.15) is 11.8 Å². The van der Waals surface area contributed by atoms with Gasteiger partial charge in [-0.2, -0.15) is 16.5 Å². The van der Waals surface area contributed by atoms with E-state index in [0.29, 0.717) is 36.0 Å². The average Bonchev–Trinajstić information content (AvgIpc) is 2.72. The Hall–Kier alpha value is -1.74. The summed E-state index contributed by atoms with van der Waals surface area (Å²) in [6.07, 6.45) is 2.71. The Bertz CT molecular complexity index is 860. The summed E-state index contributed by atoms with van der Waals surface area (Å²) in [5.41, 5.74) is 0. The first-order chi connectivity index (χ1) is 13.9. The molecule has 2 aromatic rings. The lowest BCUT2D eigenvalue weighted by molar-refractivity contribution is -0.145. The molecule has 0 saturated heterocycles. The number of carbonyl (C=O) groups excluding carboxylic acids is 1. The van der Waals surface area contributed by atoms with Gasteiger partial charge in [-0.3, -0.25) is 4.79 Å². The zero-order chi connectivity index (χ0) is 21.1. The van der Waals surface area contributed by atoms with Crippen molar-refractivity contribution in [2.75, 3.05) is 25.2 Å². The van der Waals surface area contributed by atoms with Crippen LogP contribution in [0.15, 0.2) is 59.5 Å². The van der Waals surface area contributed by atoms with Gasteiger partial charge in [-0.1, -0.05) is 29.8 Å². The van der Waals surface area contributed by atoms with Crippen LogP contribution in [0.3, 0.4) is 0 Å². The van der Waals surface area contributed by atoms with Crippen LogP contribution in [0.2, 0.25) is 5.02 Å². The van der Waals surface area contributed by atoms with Gasteiger partial charge in [-0.05, 0) is 54.8 Å². The normalized spacial score (nSPS) is 12.3. The number of thioether (sulfide) groups is 1. The van der Waals surface area contributed by atoms with E-state index in [4.69, 9.17) is 21.1 Å². The van der Waals surface area contributed by atoms with Gasteiger partial charge in [0.25, 0.3) is 0 Å². The number of esters is 1. The predicted octanol–water partition coefficient (Wildman–Crippen LogP) is 3.75. The van der Waals surface area contributed by atoms with Crippen LogP contribution in [0.1, 0.15) is 12.8 Å². The van der Waals surface area contributed by atoms with Crippen LogP contribution in [-0.4, -0.2) is 45.7 Å². The van der Waals surface area contributed by atoms with Crippen LogP contribution >= 0.6 is 23.4 Å². The Morgan fingerprint density at radius 3 is 2.45 bits per heavy atom. The minimum Gasteiger partial charge on any atom is -0.493 e. The third-order valence-electron chi connectivity index (χ3n) is 3.86. The lowest BCUT2D eigenvalue weighted by atomic mass is 10.2. The largest absolute Gasteiger partial charge is 0.493 e. The first-order valence-corrected chi connectivity index (χ1v) is 12.3. The highest BCUT2D eigenvalue weighted by atomic mass is 35.5. The number of sulfonamides is 1. The molecule has 9 heteroatoms. The van der Waals surface area contributed by atoms with Crippen molar-refractivity contribution in [3.63, 3.8) is 0 Å². The number of rotatable bonds is 12. The Labute approximate surface area is 181 Å². The van der Waals surface area contributed by atoms with Gasteiger partial charge in [-0.25, -0.2) is 8.42 Å². The van der Waals surface area contributed by atoms with E-state index in [2.05, 4.69) is 4.72 Å². The van der Waals surface area contributed by atoms with E-state index in [9.17, 15) is 13.2 Å². The smallest absolute Gasteiger partial charge is 0.324 e. The molecule has 158 valence electrons. The van der Waals surface area contributed by atoms with E-state index in [0.717, 1.165) is 0 Å². The van der Waals surface area contributed by atoms with Gasteiger partial charge in [0, 0.05) is 11.4 Å². The predicted molar refractivity (Wildman–Crippen MR) is 116 cm³/mol. The molecule has 1 atom stereocenters. The molecule has 0 heterocycles. The zero-order valence-corrected chi connectivity index (χ0v) is 18.4. The number of hydrogen-bond donors (Lipinski definition) is 1. The second kappa shape index (κ2) is 12.1. The van der Waals surface area contributed by atoms with Gasteiger partial charge >= 0.3 is 5.97 Å². The lowest BCUT2D eigenvalue weighted by Crippen LogP contribution is -2.42. The Morgan fingerprint density at radius 2 is 1.79 bits per heavy atom. The number of hydrogen-bond acceptors (Lipinski definition) is 6. The molecule has 1 N–H and O–H groups in total. The number of nitrogens with one attached hydrogen (secondary N) is 1. The third-order valence-corrected chi connectivity index (χ3v) is 6.24. The number of ether oxygens (including phenoxy) is 2. The highest BCUT2D eigenvalue weighted by Gasteiger charge is 2.26. The Morgan fingerprint density at radius 1 is 1.10 bits per heavy atom. The molecule has 0 aromatic heterocycles. The molecule has 0 radical (unpaired) electrons. The van der Waals surface area contributed by atoms with Crippen molar-refractivity contribution in [1.29, 1.82) is 0 Å². The van der Waals surface area contributed by atoms with Crippen molar-refractivity contribution in [2.24, 2.45) is 0 Å².